The predicted molar refractivity (Wildman–Crippen MR) is 78.1 cm³/mol. The van der Waals surface area contributed by atoms with E-state index in [1.54, 1.807) is 0 Å². The fourth-order valence-corrected chi connectivity index (χ4v) is 3.24. The molecule has 2 N–H and O–H groups in total. The van der Waals surface area contributed by atoms with E-state index in [9.17, 15) is 9.59 Å². The minimum Gasteiger partial charge on any atom is -0.480 e. The molecule has 0 spiro atoms. The van der Waals surface area contributed by atoms with E-state index in [4.69, 9.17) is 5.11 Å². The molecule has 1 fully saturated rings. The van der Waals surface area contributed by atoms with Crippen molar-refractivity contribution in [1.29, 1.82) is 0 Å². The third-order valence-corrected chi connectivity index (χ3v) is 4.44. The standard InChI is InChI=1S/C14H20N2O3S/c1-2-12(14(18)19)16-6-3-11(4-7-16)15-13(17)10-5-8-20-9-10/h5,8-9,11-12H,2-4,6-7H2,1H3,(H,15,17)(H,18,19). The Morgan fingerprint density at radius 3 is 2.70 bits per heavy atom. The lowest BCUT2D eigenvalue weighted by Gasteiger charge is -2.35. The Balaban J connectivity index is 1.82. The van der Waals surface area contributed by atoms with Gasteiger partial charge in [-0.05, 0) is 30.7 Å². The smallest absolute Gasteiger partial charge is 0.320 e. The Labute approximate surface area is 122 Å². The first-order valence-electron chi connectivity index (χ1n) is 6.91. The Hall–Kier alpha value is -1.40. The number of hydrogen-bond acceptors (Lipinski definition) is 4. The highest BCUT2D eigenvalue weighted by Gasteiger charge is 2.28. The van der Waals surface area contributed by atoms with E-state index in [0.29, 0.717) is 12.0 Å². The van der Waals surface area contributed by atoms with Crippen molar-refractivity contribution < 1.29 is 14.7 Å². The van der Waals surface area contributed by atoms with Crippen molar-refractivity contribution in [1.82, 2.24) is 10.2 Å². The number of carboxylic acids is 1. The third kappa shape index (κ3) is 3.58. The molecule has 1 saturated heterocycles. The first-order chi connectivity index (χ1) is 9.61. The molecule has 6 heteroatoms. The monoisotopic (exact) mass is 296 g/mol. The van der Waals surface area contributed by atoms with Crippen LogP contribution < -0.4 is 5.32 Å². The summed E-state index contributed by atoms with van der Waals surface area (Å²) in [6.45, 7) is 3.34. The van der Waals surface area contributed by atoms with Crippen molar-refractivity contribution >= 4 is 23.2 Å². The van der Waals surface area contributed by atoms with Gasteiger partial charge in [-0.1, -0.05) is 6.92 Å². The molecule has 1 amide bonds. The van der Waals surface area contributed by atoms with Crippen LogP contribution in [0.2, 0.25) is 0 Å². The largest absolute Gasteiger partial charge is 0.480 e. The summed E-state index contributed by atoms with van der Waals surface area (Å²) in [6.07, 6.45) is 2.22. The van der Waals surface area contributed by atoms with Crippen LogP contribution in [0.3, 0.4) is 0 Å². The van der Waals surface area contributed by atoms with Crippen molar-refractivity contribution in [3.63, 3.8) is 0 Å². The number of piperidine rings is 1. The van der Waals surface area contributed by atoms with Gasteiger partial charge in [0.05, 0.1) is 0 Å². The maximum absolute atomic E-state index is 11.9. The molecule has 2 rings (SSSR count). The SMILES string of the molecule is CCC(C(=O)O)N1CCC(NC(=O)c2ccsc2)CC1. The summed E-state index contributed by atoms with van der Waals surface area (Å²) < 4.78 is 0. The average molecular weight is 296 g/mol. The van der Waals surface area contributed by atoms with Gasteiger partial charge in [0, 0.05) is 30.1 Å². The van der Waals surface area contributed by atoms with E-state index >= 15 is 0 Å². The van der Waals surface area contributed by atoms with Crippen molar-refractivity contribution in [2.24, 2.45) is 0 Å². The summed E-state index contributed by atoms with van der Waals surface area (Å²) in [7, 11) is 0. The lowest BCUT2D eigenvalue weighted by molar-refractivity contribution is -0.143. The zero-order chi connectivity index (χ0) is 14.5. The van der Waals surface area contributed by atoms with Gasteiger partial charge in [0.1, 0.15) is 6.04 Å². The molecular weight excluding hydrogens is 276 g/mol. The Morgan fingerprint density at radius 2 is 2.20 bits per heavy atom. The van der Waals surface area contributed by atoms with E-state index in [1.807, 2.05) is 28.7 Å². The molecule has 0 bridgehead atoms. The van der Waals surface area contributed by atoms with Gasteiger partial charge >= 0.3 is 5.97 Å². The van der Waals surface area contributed by atoms with Gasteiger partial charge in [-0.25, -0.2) is 0 Å². The molecule has 1 atom stereocenters. The molecule has 1 aliphatic rings. The number of carbonyl (C=O) groups is 2. The van der Waals surface area contributed by atoms with Crippen molar-refractivity contribution in [2.45, 2.75) is 38.3 Å². The molecule has 2 heterocycles. The molecule has 1 unspecified atom stereocenters. The molecular formula is C14H20N2O3S. The number of thiophene rings is 1. The molecule has 1 aromatic heterocycles. The number of nitrogens with one attached hydrogen (secondary N) is 1. The summed E-state index contributed by atoms with van der Waals surface area (Å²) in [5, 5.41) is 15.9. The minimum atomic E-state index is -0.756. The predicted octanol–water partition coefficient (Wildman–Crippen LogP) is 1.81. The van der Waals surface area contributed by atoms with Crippen LogP contribution in [0.1, 0.15) is 36.5 Å². The van der Waals surface area contributed by atoms with Gasteiger partial charge in [0.2, 0.25) is 0 Å². The van der Waals surface area contributed by atoms with E-state index in [1.165, 1.54) is 11.3 Å². The van der Waals surface area contributed by atoms with Crippen LogP contribution in [-0.4, -0.2) is 47.1 Å². The Morgan fingerprint density at radius 1 is 1.50 bits per heavy atom. The molecule has 1 aliphatic heterocycles. The molecule has 0 radical (unpaired) electrons. The number of hydrogen-bond donors (Lipinski definition) is 2. The highest BCUT2D eigenvalue weighted by Crippen LogP contribution is 2.16. The topological polar surface area (TPSA) is 69.6 Å². The lowest BCUT2D eigenvalue weighted by Crippen LogP contribution is -2.50. The van der Waals surface area contributed by atoms with Crippen molar-refractivity contribution in [3.8, 4) is 0 Å². The quantitative estimate of drug-likeness (QED) is 0.869. The van der Waals surface area contributed by atoms with Crippen LogP contribution >= 0.6 is 11.3 Å². The van der Waals surface area contributed by atoms with Gasteiger partial charge in [0.15, 0.2) is 0 Å². The highest BCUT2D eigenvalue weighted by atomic mass is 32.1. The summed E-state index contributed by atoms with van der Waals surface area (Å²) in [5.41, 5.74) is 0.703. The second-order valence-corrected chi connectivity index (χ2v) is 5.84. The maximum atomic E-state index is 11.9. The second kappa shape index (κ2) is 6.85. The number of carboxylic acid groups (broad SMARTS) is 1. The summed E-state index contributed by atoms with van der Waals surface area (Å²) in [6, 6.07) is 1.56. The van der Waals surface area contributed by atoms with Gasteiger partial charge in [-0.15, -0.1) is 0 Å². The fraction of sp³-hybridized carbons (Fsp3) is 0.571. The summed E-state index contributed by atoms with van der Waals surface area (Å²) >= 11 is 1.51. The van der Waals surface area contributed by atoms with Crippen LogP contribution in [0.5, 0.6) is 0 Å². The summed E-state index contributed by atoms with van der Waals surface area (Å²) in [4.78, 5) is 25.1. The molecule has 0 aromatic carbocycles. The number of carbonyl (C=O) groups excluding carboxylic acids is 1. The van der Waals surface area contributed by atoms with E-state index in [-0.39, 0.29) is 11.9 Å². The maximum Gasteiger partial charge on any atom is 0.320 e. The normalized spacial score (nSPS) is 18.6. The van der Waals surface area contributed by atoms with E-state index in [0.717, 1.165) is 25.9 Å². The first kappa shape index (κ1) is 15.0. The third-order valence-electron chi connectivity index (χ3n) is 3.76. The lowest BCUT2D eigenvalue weighted by atomic mass is 10.0. The van der Waals surface area contributed by atoms with Crippen LogP contribution in [0.4, 0.5) is 0 Å². The van der Waals surface area contributed by atoms with Crippen molar-refractivity contribution in [3.05, 3.63) is 22.4 Å². The first-order valence-corrected chi connectivity index (χ1v) is 7.86. The zero-order valence-corrected chi connectivity index (χ0v) is 12.4. The van der Waals surface area contributed by atoms with Gasteiger partial charge in [-0.2, -0.15) is 11.3 Å². The number of likely N-dealkylation sites (tertiary alicyclic amines) is 1. The molecule has 0 aliphatic carbocycles. The second-order valence-electron chi connectivity index (χ2n) is 5.06. The van der Waals surface area contributed by atoms with Crippen LogP contribution in [0, 0.1) is 0 Å². The Kier molecular flexibility index (Phi) is 5.14. The van der Waals surface area contributed by atoms with E-state index in [2.05, 4.69) is 5.32 Å². The number of rotatable bonds is 5. The van der Waals surface area contributed by atoms with Gasteiger partial charge in [-0.3, -0.25) is 14.5 Å². The van der Waals surface area contributed by atoms with E-state index < -0.39 is 12.0 Å². The van der Waals surface area contributed by atoms with Gasteiger partial charge in [0.25, 0.3) is 5.91 Å². The number of aliphatic carboxylic acids is 1. The zero-order valence-electron chi connectivity index (χ0n) is 11.5. The number of amides is 1. The Bertz CT molecular complexity index is 453. The molecule has 20 heavy (non-hydrogen) atoms. The fourth-order valence-electron chi connectivity index (χ4n) is 2.61. The molecule has 5 nitrogen and oxygen atoms in total. The van der Waals surface area contributed by atoms with Crippen molar-refractivity contribution in [2.75, 3.05) is 13.1 Å². The number of nitrogens with zero attached hydrogens (tertiary/aromatic N) is 1. The average Bonchev–Trinajstić information content (AvgIpc) is 2.95. The molecule has 110 valence electrons. The van der Waals surface area contributed by atoms with Crippen LogP contribution in [0.25, 0.3) is 0 Å². The molecule has 0 saturated carbocycles. The molecule has 1 aromatic rings. The van der Waals surface area contributed by atoms with Crippen LogP contribution in [0.15, 0.2) is 16.8 Å². The minimum absolute atomic E-state index is 0.0324. The highest BCUT2D eigenvalue weighted by molar-refractivity contribution is 7.08. The van der Waals surface area contributed by atoms with Crippen LogP contribution in [-0.2, 0) is 4.79 Å². The van der Waals surface area contributed by atoms with Gasteiger partial charge < -0.3 is 10.4 Å². The summed E-state index contributed by atoms with van der Waals surface area (Å²) in [5.74, 6) is -0.789.